The minimum absolute atomic E-state index is 0.0124. The summed E-state index contributed by atoms with van der Waals surface area (Å²) in [5.74, 6) is -0.711. The maximum Gasteiger partial charge on any atom is 0.422 e. The first-order valence-electron chi connectivity index (χ1n) is 9.45. The van der Waals surface area contributed by atoms with Gasteiger partial charge in [-0.1, -0.05) is 0 Å². The smallest absolute Gasteiger partial charge is 0.422 e. The van der Waals surface area contributed by atoms with Gasteiger partial charge in [-0.2, -0.15) is 13.2 Å². The zero-order valence-electron chi connectivity index (χ0n) is 16.1. The summed E-state index contributed by atoms with van der Waals surface area (Å²) in [5.41, 5.74) is 8.82. The number of halogens is 4. The molecule has 1 atom stereocenters. The number of aliphatic imine (C=N–C) groups is 1. The van der Waals surface area contributed by atoms with Crippen molar-refractivity contribution in [1.29, 1.82) is 0 Å². The molecule has 0 bridgehead atoms. The minimum Gasteiger partial charge on any atom is -0.484 e. The monoisotopic (exact) mass is 416 g/mol. The third kappa shape index (κ3) is 4.97. The Hall–Kier alpha value is -2.39. The third-order valence-electron chi connectivity index (χ3n) is 5.51. The molecular weight excluding hydrogens is 392 g/mol. The van der Waals surface area contributed by atoms with E-state index in [2.05, 4.69) is 9.98 Å². The second-order valence-corrected chi connectivity index (χ2v) is 8.06. The van der Waals surface area contributed by atoms with E-state index in [-0.39, 0.29) is 48.0 Å². The van der Waals surface area contributed by atoms with Crippen molar-refractivity contribution in [2.45, 2.75) is 62.8 Å². The van der Waals surface area contributed by atoms with E-state index >= 15 is 0 Å². The molecule has 3 rings (SSSR count). The fourth-order valence-corrected chi connectivity index (χ4v) is 3.61. The largest absolute Gasteiger partial charge is 0.484 e. The molecule has 0 saturated heterocycles. The number of ether oxygens (including phenoxy) is 1. The number of hydrogen-bond donors (Lipinski definition) is 2. The Morgan fingerprint density at radius 2 is 2.00 bits per heavy atom. The lowest BCUT2D eigenvalue weighted by Gasteiger charge is -2.35. The maximum atomic E-state index is 14.9. The number of carbonyl (C=O) groups is 1. The van der Waals surface area contributed by atoms with Crippen molar-refractivity contribution in [3.8, 4) is 5.75 Å². The van der Waals surface area contributed by atoms with Gasteiger partial charge in [-0.25, -0.2) is 4.39 Å². The van der Waals surface area contributed by atoms with Crippen LogP contribution in [-0.2, 0) is 10.5 Å². The van der Waals surface area contributed by atoms with Crippen LogP contribution in [0.15, 0.2) is 17.3 Å². The van der Waals surface area contributed by atoms with Crippen LogP contribution in [0.1, 0.15) is 56.7 Å². The molecule has 6 nitrogen and oxygen atoms in total. The van der Waals surface area contributed by atoms with Crippen molar-refractivity contribution in [2.75, 3.05) is 6.61 Å². The summed E-state index contributed by atoms with van der Waals surface area (Å²) in [7, 11) is 0. The Morgan fingerprint density at radius 1 is 1.34 bits per heavy atom. The molecule has 0 aliphatic heterocycles. The summed E-state index contributed by atoms with van der Waals surface area (Å²) in [6.07, 6.45) is -0.666. The van der Waals surface area contributed by atoms with Gasteiger partial charge in [0.15, 0.2) is 6.61 Å². The topological polar surface area (TPSA) is 104 Å². The molecule has 1 heterocycles. The lowest BCUT2D eigenvalue weighted by atomic mass is 9.77. The summed E-state index contributed by atoms with van der Waals surface area (Å²) in [5, 5.41) is 0. The Morgan fingerprint density at radius 3 is 2.48 bits per heavy atom. The number of primary amides is 1. The highest BCUT2D eigenvalue weighted by Gasteiger charge is 2.44. The number of rotatable bonds is 8. The molecule has 0 spiro atoms. The van der Waals surface area contributed by atoms with Crippen LogP contribution in [0.5, 0.6) is 5.75 Å². The van der Waals surface area contributed by atoms with Crippen molar-refractivity contribution in [1.82, 2.24) is 4.98 Å². The van der Waals surface area contributed by atoms with Gasteiger partial charge in [0.2, 0.25) is 5.91 Å². The van der Waals surface area contributed by atoms with Crippen molar-refractivity contribution in [2.24, 2.45) is 22.4 Å². The van der Waals surface area contributed by atoms with E-state index in [0.29, 0.717) is 6.42 Å². The second-order valence-electron chi connectivity index (χ2n) is 8.06. The number of alkyl halides is 4. The van der Waals surface area contributed by atoms with Gasteiger partial charge >= 0.3 is 6.18 Å². The highest BCUT2D eigenvalue weighted by atomic mass is 19.4. The number of carbonyl (C=O) groups excluding carboxylic acids is 1. The van der Waals surface area contributed by atoms with E-state index in [1.54, 1.807) is 6.92 Å². The predicted molar refractivity (Wildman–Crippen MR) is 98.1 cm³/mol. The lowest BCUT2D eigenvalue weighted by molar-refractivity contribution is -0.154. The number of nitrogens with zero attached hydrogens (tertiary/aromatic N) is 2. The average molecular weight is 416 g/mol. The van der Waals surface area contributed by atoms with Gasteiger partial charge in [-0.05, 0) is 44.9 Å². The molecule has 4 N–H and O–H groups in total. The molecule has 1 aromatic heterocycles. The van der Waals surface area contributed by atoms with Crippen LogP contribution in [0.4, 0.5) is 17.6 Å². The molecular formula is C19H24F4N4O2. The Labute approximate surface area is 165 Å². The van der Waals surface area contributed by atoms with Gasteiger partial charge in [0.05, 0.1) is 12.0 Å². The molecule has 0 radical (unpaired) electrons. The molecule has 1 unspecified atom stereocenters. The van der Waals surface area contributed by atoms with Crippen molar-refractivity contribution < 1.29 is 27.1 Å². The highest BCUT2D eigenvalue weighted by Crippen LogP contribution is 2.48. The fraction of sp³-hybridized carbons (Fsp3) is 0.632. The zero-order chi connectivity index (χ0) is 21.4. The molecule has 0 aromatic carbocycles. The van der Waals surface area contributed by atoms with Crippen LogP contribution in [0.3, 0.4) is 0 Å². The average Bonchev–Trinajstić information content (AvgIpc) is 3.41. The number of amides is 1. The minimum atomic E-state index is -4.57. The van der Waals surface area contributed by atoms with E-state index in [1.165, 1.54) is 6.07 Å². The molecule has 1 amide bonds. The maximum absolute atomic E-state index is 14.9. The molecule has 2 aliphatic carbocycles. The molecule has 2 fully saturated rings. The summed E-state index contributed by atoms with van der Waals surface area (Å²) < 4.78 is 57.7. The quantitative estimate of drug-likeness (QED) is 0.386. The first kappa shape index (κ1) is 21.3. The number of nitrogens with two attached hydrogens (primary N) is 2. The van der Waals surface area contributed by atoms with Gasteiger partial charge in [-0.15, -0.1) is 0 Å². The van der Waals surface area contributed by atoms with E-state index in [0.717, 1.165) is 19.0 Å². The van der Waals surface area contributed by atoms with Crippen LogP contribution in [0, 0.1) is 5.92 Å². The Balaban J connectivity index is 1.93. The predicted octanol–water partition coefficient (Wildman–Crippen LogP) is 3.12. The Bertz CT molecular complexity index is 819. The van der Waals surface area contributed by atoms with Crippen LogP contribution >= 0.6 is 0 Å². The van der Waals surface area contributed by atoms with Gasteiger partial charge in [-0.3, -0.25) is 14.8 Å². The van der Waals surface area contributed by atoms with Crippen LogP contribution < -0.4 is 16.2 Å². The van der Waals surface area contributed by atoms with Gasteiger partial charge in [0.25, 0.3) is 0 Å². The number of pyridine rings is 1. The van der Waals surface area contributed by atoms with E-state index < -0.39 is 29.9 Å². The number of hydrogen-bond acceptors (Lipinski definition) is 4. The molecule has 1 aromatic rings. The standard InChI is InChI=1S/C19H24F4N4O2/c1-17(8-15(24)28,11-3-4-11)27-16(25)13-7-14(29-10-19(21,22)23)12(9-26-13)18(20)5-2-6-18/h7,9,11H,2-6,8,10H2,1H3,(H2,24,28)(H2,25,27). The summed E-state index contributed by atoms with van der Waals surface area (Å²) in [6.45, 7) is 0.195. The lowest BCUT2D eigenvalue weighted by Crippen LogP contribution is -2.35. The Kier molecular flexibility index (Phi) is 5.48. The van der Waals surface area contributed by atoms with Crippen molar-refractivity contribution in [3.63, 3.8) is 0 Å². The molecule has 160 valence electrons. The molecule has 2 aliphatic rings. The van der Waals surface area contributed by atoms with Gasteiger partial charge < -0.3 is 16.2 Å². The normalized spacial score (nSPS) is 21.2. The van der Waals surface area contributed by atoms with Crippen molar-refractivity contribution >= 4 is 11.7 Å². The van der Waals surface area contributed by atoms with E-state index in [4.69, 9.17) is 16.2 Å². The van der Waals surface area contributed by atoms with Gasteiger partial charge in [0.1, 0.15) is 22.9 Å². The number of amidine groups is 1. The summed E-state index contributed by atoms with van der Waals surface area (Å²) in [6, 6.07) is 1.18. The highest BCUT2D eigenvalue weighted by molar-refractivity contribution is 5.96. The summed E-state index contributed by atoms with van der Waals surface area (Å²) >= 11 is 0. The van der Waals surface area contributed by atoms with Crippen LogP contribution in [0.2, 0.25) is 0 Å². The molecule has 2 saturated carbocycles. The van der Waals surface area contributed by atoms with Crippen LogP contribution in [-0.4, -0.2) is 35.0 Å². The van der Waals surface area contributed by atoms with E-state index in [9.17, 15) is 22.4 Å². The van der Waals surface area contributed by atoms with Crippen LogP contribution in [0.25, 0.3) is 0 Å². The first-order chi connectivity index (χ1) is 13.4. The first-order valence-corrected chi connectivity index (χ1v) is 9.45. The SMILES string of the molecule is CC(CC(N)=O)(N=C(N)c1cc(OCC(F)(F)F)c(C2(F)CCC2)cn1)C1CC1. The molecule has 29 heavy (non-hydrogen) atoms. The molecule has 10 heteroatoms. The third-order valence-corrected chi connectivity index (χ3v) is 5.51. The summed E-state index contributed by atoms with van der Waals surface area (Å²) in [4.78, 5) is 19.9. The fourth-order valence-electron chi connectivity index (χ4n) is 3.61. The zero-order valence-corrected chi connectivity index (χ0v) is 16.1. The second kappa shape index (κ2) is 7.46. The van der Waals surface area contributed by atoms with Gasteiger partial charge in [0, 0.05) is 17.8 Å². The van der Waals surface area contributed by atoms with E-state index in [1.807, 2.05) is 0 Å². The van der Waals surface area contributed by atoms with Crippen molar-refractivity contribution in [3.05, 3.63) is 23.5 Å². The number of aromatic nitrogens is 1.